The minimum atomic E-state index is -0.112. The van der Waals surface area contributed by atoms with Crippen molar-refractivity contribution in [3.63, 3.8) is 0 Å². The molecule has 2 heterocycles. The van der Waals surface area contributed by atoms with Crippen LogP contribution in [0.2, 0.25) is 0 Å². The van der Waals surface area contributed by atoms with Crippen LogP contribution in [0.3, 0.4) is 0 Å². The van der Waals surface area contributed by atoms with Crippen LogP contribution in [0.4, 0.5) is 5.69 Å². The van der Waals surface area contributed by atoms with Gasteiger partial charge < -0.3 is 14.6 Å². The second kappa shape index (κ2) is 8.65. The first-order valence-electron chi connectivity index (χ1n) is 9.56. The Labute approximate surface area is 163 Å². The van der Waals surface area contributed by atoms with Crippen LogP contribution in [-0.4, -0.2) is 27.1 Å². The number of hydrogen-bond donors (Lipinski definition) is 1. The van der Waals surface area contributed by atoms with Crippen molar-refractivity contribution in [1.29, 1.82) is 0 Å². The zero-order valence-electron chi connectivity index (χ0n) is 15.5. The SMILES string of the molecule is O=C(CCc1nc(-c2cccnc2)no1)Nc1cccc(OC2CCCC2)c1. The second-order valence-corrected chi connectivity index (χ2v) is 6.85. The van der Waals surface area contributed by atoms with Crippen LogP contribution < -0.4 is 10.1 Å². The van der Waals surface area contributed by atoms with Crippen molar-refractivity contribution in [2.75, 3.05) is 5.32 Å². The molecule has 2 aromatic heterocycles. The highest BCUT2D eigenvalue weighted by Crippen LogP contribution is 2.26. The Kier molecular flexibility index (Phi) is 5.61. The van der Waals surface area contributed by atoms with Crippen LogP contribution in [0.25, 0.3) is 11.4 Å². The number of ether oxygens (including phenoxy) is 1. The van der Waals surface area contributed by atoms with Gasteiger partial charge in [0.1, 0.15) is 5.75 Å². The molecule has 0 aliphatic heterocycles. The molecule has 4 rings (SSSR count). The number of nitrogens with one attached hydrogen (secondary N) is 1. The lowest BCUT2D eigenvalue weighted by Crippen LogP contribution is -2.13. The van der Waals surface area contributed by atoms with E-state index in [0.29, 0.717) is 18.1 Å². The summed E-state index contributed by atoms with van der Waals surface area (Å²) in [6, 6.07) is 11.2. The fraction of sp³-hybridized carbons (Fsp3) is 0.333. The fourth-order valence-electron chi connectivity index (χ4n) is 3.26. The van der Waals surface area contributed by atoms with E-state index in [-0.39, 0.29) is 18.4 Å². The van der Waals surface area contributed by atoms with Crippen molar-refractivity contribution >= 4 is 11.6 Å². The Morgan fingerprint density at radius 2 is 2.11 bits per heavy atom. The largest absolute Gasteiger partial charge is 0.490 e. The van der Waals surface area contributed by atoms with Crippen LogP contribution in [0.1, 0.15) is 38.0 Å². The molecule has 28 heavy (non-hydrogen) atoms. The van der Waals surface area contributed by atoms with Gasteiger partial charge in [-0.15, -0.1) is 0 Å². The average Bonchev–Trinajstić information content (AvgIpc) is 3.39. The molecule has 1 aromatic carbocycles. The molecule has 0 radical (unpaired) electrons. The molecule has 3 aromatic rings. The summed E-state index contributed by atoms with van der Waals surface area (Å²) in [5, 5.41) is 6.83. The first-order chi connectivity index (χ1) is 13.8. The van der Waals surface area contributed by atoms with E-state index in [1.807, 2.05) is 36.4 Å². The number of rotatable bonds is 7. The van der Waals surface area contributed by atoms with E-state index in [9.17, 15) is 4.79 Å². The maximum absolute atomic E-state index is 12.3. The van der Waals surface area contributed by atoms with E-state index >= 15 is 0 Å². The average molecular weight is 378 g/mol. The number of amides is 1. The standard InChI is InChI=1S/C21H22N4O3/c26-19(10-11-20-24-21(25-28-20)15-5-4-12-22-14-15)23-16-6-3-9-18(13-16)27-17-7-1-2-8-17/h3-6,9,12-14,17H,1-2,7-8,10-11H2,(H,23,26). The third kappa shape index (κ3) is 4.73. The summed E-state index contributed by atoms with van der Waals surface area (Å²) in [6.45, 7) is 0. The topological polar surface area (TPSA) is 90.1 Å². The molecule has 0 unspecified atom stereocenters. The molecule has 1 saturated carbocycles. The molecular weight excluding hydrogens is 356 g/mol. The minimum Gasteiger partial charge on any atom is -0.490 e. The summed E-state index contributed by atoms with van der Waals surface area (Å²) in [5.74, 6) is 1.58. The molecule has 0 atom stereocenters. The Morgan fingerprint density at radius 3 is 2.93 bits per heavy atom. The van der Waals surface area contributed by atoms with E-state index in [4.69, 9.17) is 9.26 Å². The number of carbonyl (C=O) groups excluding carboxylic acids is 1. The predicted octanol–water partition coefficient (Wildman–Crippen LogP) is 4.02. The maximum Gasteiger partial charge on any atom is 0.227 e. The lowest BCUT2D eigenvalue weighted by Gasteiger charge is -2.14. The molecule has 144 valence electrons. The van der Waals surface area contributed by atoms with E-state index in [2.05, 4.69) is 20.4 Å². The molecule has 1 N–H and O–H groups in total. The first kappa shape index (κ1) is 18.2. The fourth-order valence-corrected chi connectivity index (χ4v) is 3.26. The Hall–Kier alpha value is -3.22. The van der Waals surface area contributed by atoms with Gasteiger partial charge in [0.05, 0.1) is 6.10 Å². The zero-order valence-corrected chi connectivity index (χ0v) is 15.5. The quantitative estimate of drug-likeness (QED) is 0.668. The Morgan fingerprint density at radius 1 is 1.21 bits per heavy atom. The van der Waals surface area contributed by atoms with E-state index in [0.717, 1.165) is 29.8 Å². The van der Waals surface area contributed by atoms with Gasteiger partial charge in [0.15, 0.2) is 0 Å². The Bertz CT molecular complexity index is 920. The van der Waals surface area contributed by atoms with Gasteiger partial charge >= 0.3 is 0 Å². The smallest absolute Gasteiger partial charge is 0.227 e. The summed E-state index contributed by atoms with van der Waals surface area (Å²) in [6.07, 6.45) is 8.91. The molecule has 0 saturated heterocycles. The summed E-state index contributed by atoms with van der Waals surface area (Å²) in [7, 11) is 0. The molecular formula is C21H22N4O3. The van der Waals surface area contributed by atoms with Gasteiger partial charge in [-0.3, -0.25) is 9.78 Å². The summed E-state index contributed by atoms with van der Waals surface area (Å²) in [4.78, 5) is 20.6. The molecule has 1 aliphatic rings. The number of hydrogen-bond acceptors (Lipinski definition) is 6. The van der Waals surface area contributed by atoms with E-state index < -0.39 is 0 Å². The third-order valence-electron chi connectivity index (χ3n) is 4.68. The van der Waals surface area contributed by atoms with Gasteiger partial charge in [0.25, 0.3) is 0 Å². The highest BCUT2D eigenvalue weighted by molar-refractivity contribution is 5.90. The first-order valence-corrected chi connectivity index (χ1v) is 9.56. The number of aryl methyl sites for hydroxylation is 1. The third-order valence-corrected chi connectivity index (χ3v) is 4.68. The predicted molar refractivity (Wildman–Crippen MR) is 104 cm³/mol. The van der Waals surface area contributed by atoms with Gasteiger partial charge in [0.2, 0.25) is 17.6 Å². The number of aromatic nitrogens is 3. The molecule has 0 bridgehead atoms. The van der Waals surface area contributed by atoms with Crippen molar-refractivity contribution in [2.24, 2.45) is 0 Å². The number of carbonyl (C=O) groups is 1. The van der Waals surface area contributed by atoms with Gasteiger partial charge in [0, 0.05) is 42.6 Å². The second-order valence-electron chi connectivity index (χ2n) is 6.85. The summed E-state index contributed by atoms with van der Waals surface area (Å²) in [5.41, 5.74) is 1.50. The van der Waals surface area contributed by atoms with Crippen molar-refractivity contribution < 1.29 is 14.1 Å². The maximum atomic E-state index is 12.3. The lowest BCUT2D eigenvalue weighted by molar-refractivity contribution is -0.116. The zero-order chi connectivity index (χ0) is 19.2. The van der Waals surface area contributed by atoms with Gasteiger partial charge in [-0.05, 0) is 49.9 Å². The minimum absolute atomic E-state index is 0.112. The van der Waals surface area contributed by atoms with Crippen LogP contribution in [0.5, 0.6) is 5.75 Å². The van der Waals surface area contributed by atoms with Crippen molar-refractivity contribution in [3.05, 3.63) is 54.7 Å². The summed E-state index contributed by atoms with van der Waals surface area (Å²) >= 11 is 0. The van der Waals surface area contributed by atoms with E-state index in [1.165, 1.54) is 12.8 Å². The highest BCUT2D eigenvalue weighted by atomic mass is 16.5. The molecule has 7 nitrogen and oxygen atoms in total. The lowest BCUT2D eigenvalue weighted by atomic mass is 10.2. The summed E-state index contributed by atoms with van der Waals surface area (Å²) < 4.78 is 11.2. The monoisotopic (exact) mass is 378 g/mol. The molecule has 1 fully saturated rings. The normalized spacial score (nSPS) is 14.1. The highest BCUT2D eigenvalue weighted by Gasteiger charge is 2.16. The van der Waals surface area contributed by atoms with Crippen LogP contribution in [0.15, 0.2) is 53.3 Å². The molecule has 7 heteroatoms. The van der Waals surface area contributed by atoms with Crippen LogP contribution in [0, 0.1) is 0 Å². The number of benzene rings is 1. The van der Waals surface area contributed by atoms with E-state index in [1.54, 1.807) is 12.4 Å². The number of pyridine rings is 1. The number of anilines is 1. The van der Waals surface area contributed by atoms with Crippen LogP contribution >= 0.6 is 0 Å². The van der Waals surface area contributed by atoms with Gasteiger partial charge in [-0.1, -0.05) is 11.2 Å². The molecule has 1 aliphatic carbocycles. The molecule has 0 spiro atoms. The van der Waals surface area contributed by atoms with Gasteiger partial charge in [-0.25, -0.2) is 0 Å². The van der Waals surface area contributed by atoms with Gasteiger partial charge in [-0.2, -0.15) is 4.98 Å². The van der Waals surface area contributed by atoms with Crippen molar-refractivity contribution in [3.8, 4) is 17.1 Å². The van der Waals surface area contributed by atoms with Crippen molar-refractivity contribution in [1.82, 2.24) is 15.1 Å². The van der Waals surface area contributed by atoms with Crippen LogP contribution in [-0.2, 0) is 11.2 Å². The molecule has 1 amide bonds. The van der Waals surface area contributed by atoms with Crippen molar-refractivity contribution in [2.45, 2.75) is 44.6 Å². The number of nitrogens with zero attached hydrogens (tertiary/aromatic N) is 3. The Balaban J connectivity index is 1.29.